The van der Waals surface area contributed by atoms with Crippen molar-refractivity contribution in [2.45, 2.75) is 16.7 Å². The van der Waals surface area contributed by atoms with Gasteiger partial charge in [0.05, 0.1) is 23.8 Å². The molecule has 6 nitrogen and oxygen atoms in total. The molecular formula is C19H17ClN2O4S. The predicted octanol–water partition coefficient (Wildman–Crippen LogP) is 3.54. The van der Waals surface area contributed by atoms with Gasteiger partial charge in [-0.2, -0.15) is 0 Å². The molecule has 1 aliphatic heterocycles. The van der Waals surface area contributed by atoms with Crippen LogP contribution in [0.2, 0.25) is 5.02 Å². The van der Waals surface area contributed by atoms with Gasteiger partial charge in [0.25, 0.3) is 0 Å². The molecule has 2 aromatic carbocycles. The van der Waals surface area contributed by atoms with Crippen molar-refractivity contribution in [2.75, 3.05) is 13.2 Å². The Morgan fingerprint density at radius 1 is 1.00 bits per heavy atom. The monoisotopic (exact) mass is 404 g/mol. The van der Waals surface area contributed by atoms with Crippen LogP contribution in [0.15, 0.2) is 64.1 Å². The van der Waals surface area contributed by atoms with Crippen LogP contribution in [0.25, 0.3) is 11.5 Å². The van der Waals surface area contributed by atoms with E-state index in [1.165, 1.54) is 12.1 Å². The fourth-order valence-electron chi connectivity index (χ4n) is 3.26. The first kappa shape index (κ1) is 18.2. The molecule has 0 aliphatic carbocycles. The zero-order valence-electron chi connectivity index (χ0n) is 14.2. The average Bonchev–Trinajstić information content (AvgIpc) is 3.31. The Hall–Kier alpha value is -2.19. The minimum Gasteiger partial charge on any atom is -0.444 e. The normalized spacial score (nSPS) is 20.1. The molecule has 1 fully saturated rings. The number of hydrogen-bond acceptors (Lipinski definition) is 5. The number of sulfonamides is 1. The van der Waals surface area contributed by atoms with Crippen molar-refractivity contribution in [1.29, 1.82) is 0 Å². The van der Waals surface area contributed by atoms with Crippen molar-refractivity contribution >= 4 is 21.6 Å². The summed E-state index contributed by atoms with van der Waals surface area (Å²) in [6.45, 7) is 1.17. The topological polar surface area (TPSA) is 95.4 Å². The lowest BCUT2D eigenvalue weighted by molar-refractivity contribution is 0.190. The average molecular weight is 405 g/mol. The Labute approximate surface area is 162 Å². The van der Waals surface area contributed by atoms with Gasteiger partial charge in [-0.25, -0.2) is 18.5 Å². The van der Waals surface area contributed by atoms with Gasteiger partial charge in [0.2, 0.25) is 15.9 Å². The first-order valence-electron chi connectivity index (χ1n) is 8.34. The number of rotatable bonds is 4. The predicted molar refractivity (Wildman–Crippen MR) is 101 cm³/mol. The van der Waals surface area contributed by atoms with Crippen molar-refractivity contribution in [3.63, 3.8) is 0 Å². The summed E-state index contributed by atoms with van der Waals surface area (Å²) in [6, 6.07) is 13.9. The van der Waals surface area contributed by atoms with Crippen LogP contribution in [0.3, 0.4) is 0 Å². The second kappa shape index (κ2) is 7.09. The highest BCUT2D eigenvalue weighted by atomic mass is 35.5. The third-order valence-corrected chi connectivity index (χ3v) is 5.89. The lowest BCUT2D eigenvalue weighted by Crippen LogP contribution is -2.11. The second-order valence-corrected chi connectivity index (χ2v) is 8.45. The summed E-state index contributed by atoms with van der Waals surface area (Å²) in [5.74, 6) is 0.671. The molecule has 27 heavy (non-hydrogen) atoms. The summed E-state index contributed by atoms with van der Waals surface area (Å²) in [5, 5.41) is 5.82. The van der Waals surface area contributed by atoms with E-state index in [4.69, 9.17) is 25.9 Å². The quantitative estimate of drug-likeness (QED) is 0.717. The van der Waals surface area contributed by atoms with Gasteiger partial charge in [-0.3, -0.25) is 0 Å². The van der Waals surface area contributed by atoms with E-state index in [9.17, 15) is 8.42 Å². The number of aromatic nitrogens is 1. The van der Waals surface area contributed by atoms with Gasteiger partial charge < -0.3 is 9.15 Å². The van der Waals surface area contributed by atoms with Crippen LogP contribution in [0, 0.1) is 0 Å². The van der Waals surface area contributed by atoms with Gasteiger partial charge in [0.1, 0.15) is 6.26 Å². The summed E-state index contributed by atoms with van der Waals surface area (Å²) < 4.78 is 34.0. The Morgan fingerprint density at radius 3 is 2.33 bits per heavy atom. The maximum Gasteiger partial charge on any atom is 0.238 e. The molecular weight excluding hydrogens is 388 g/mol. The van der Waals surface area contributed by atoms with Crippen LogP contribution < -0.4 is 5.14 Å². The van der Waals surface area contributed by atoms with Gasteiger partial charge in [-0.15, -0.1) is 0 Å². The van der Waals surface area contributed by atoms with Gasteiger partial charge >= 0.3 is 0 Å². The number of nitrogens with zero attached hydrogens (tertiary/aromatic N) is 1. The second-order valence-electron chi connectivity index (χ2n) is 6.45. The molecule has 1 saturated heterocycles. The van der Waals surface area contributed by atoms with E-state index >= 15 is 0 Å². The minimum absolute atomic E-state index is 0.0463. The zero-order valence-corrected chi connectivity index (χ0v) is 15.8. The van der Waals surface area contributed by atoms with Gasteiger partial charge in [0.15, 0.2) is 0 Å². The van der Waals surface area contributed by atoms with Crippen LogP contribution in [0.5, 0.6) is 0 Å². The Kier molecular flexibility index (Phi) is 4.77. The fourth-order valence-corrected chi connectivity index (χ4v) is 3.90. The molecule has 0 saturated carbocycles. The van der Waals surface area contributed by atoms with Gasteiger partial charge in [-0.1, -0.05) is 23.7 Å². The van der Waals surface area contributed by atoms with E-state index in [-0.39, 0.29) is 16.7 Å². The number of oxazole rings is 1. The van der Waals surface area contributed by atoms with Crippen molar-refractivity contribution in [3.8, 4) is 11.5 Å². The fraction of sp³-hybridized carbons (Fsp3) is 0.211. The highest BCUT2D eigenvalue weighted by Gasteiger charge is 2.33. The Bertz CT molecular complexity index is 1050. The minimum atomic E-state index is -3.73. The molecule has 0 radical (unpaired) electrons. The highest BCUT2D eigenvalue weighted by Crippen LogP contribution is 2.39. The molecule has 1 aromatic heterocycles. The number of hydrogen-bond donors (Lipinski definition) is 1. The van der Waals surface area contributed by atoms with Gasteiger partial charge in [0, 0.05) is 22.4 Å². The summed E-state index contributed by atoms with van der Waals surface area (Å²) >= 11 is 5.98. The smallest absolute Gasteiger partial charge is 0.238 e. The van der Waals surface area contributed by atoms with E-state index in [0.717, 1.165) is 11.3 Å². The summed E-state index contributed by atoms with van der Waals surface area (Å²) in [6.07, 6.45) is 1.63. The number of primary sulfonamides is 1. The van der Waals surface area contributed by atoms with E-state index < -0.39 is 10.0 Å². The van der Waals surface area contributed by atoms with Crippen molar-refractivity contribution in [1.82, 2.24) is 4.98 Å². The third-order valence-electron chi connectivity index (χ3n) is 4.71. The molecule has 2 unspecified atom stereocenters. The molecule has 4 rings (SSSR count). The molecule has 3 aromatic rings. The molecule has 0 spiro atoms. The number of nitrogens with two attached hydrogens (primary N) is 1. The Balaban J connectivity index is 1.59. The van der Waals surface area contributed by atoms with E-state index in [2.05, 4.69) is 4.98 Å². The number of benzene rings is 2. The number of halogens is 1. The maximum atomic E-state index is 11.4. The maximum absolute atomic E-state index is 11.4. The van der Waals surface area contributed by atoms with E-state index in [1.54, 1.807) is 18.4 Å². The molecule has 2 heterocycles. The van der Waals surface area contributed by atoms with Crippen LogP contribution in [0.1, 0.15) is 23.1 Å². The van der Waals surface area contributed by atoms with Crippen LogP contribution in [-0.4, -0.2) is 26.6 Å². The largest absolute Gasteiger partial charge is 0.444 e. The van der Waals surface area contributed by atoms with Crippen molar-refractivity contribution in [2.24, 2.45) is 5.14 Å². The summed E-state index contributed by atoms with van der Waals surface area (Å²) in [5.41, 5.74) is 2.62. The molecule has 2 atom stereocenters. The molecule has 0 amide bonds. The van der Waals surface area contributed by atoms with Crippen molar-refractivity contribution in [3.05, 3.63) is 71.1 Å². The first-order valence-corrected chi connectivity index (χ1v) is 10.3. The molecule has 2 N–H and O–H groups in total. The van der Waals surface area contributed by atoms with Crippen LogP contribution in [-0.2, 0) is 14.8 Å². The lowest BCUT2D eigenvalue weighted by atomic mass is 9.87. The molecule has 8 heteroatoms. The van der Waals surface area contributed by atoms with E-state index in [1.807, 2.05) is 24.3 Å². The highest BCUT2D eigenvalue weighted by molar-refractivity contribution is 7.89. The van der Waals surface area contributed by atoms with Gasteiger partial charge in [-0.05, 0) is 42.0 Å². The zero-order chi connectivity index (χ0) is 19.0. The molecule has 140 valence electrons. The van der Waals surface area contributed by atoms with Crippen molar-refractivity contribution < 1.29 is 17.6 Å². The summed E-state index contributed by atoms with van der Waals surface area (Å²) in [7, 11) is -3.73. The number of ether oxygens (including phenoxy) is 1. The molecule has 1 aliphatic rings. The third kappa shape index (κ3) is 3.77. The standard InChI is InChI=1S/C19H17ClN2O4S/c20-14-5-1-12(2-6-14)16-9-25-10-17(16)18-11-26-19(22-18)13-3-7-15(8-4-13)27(21,23)24/h1-8,11,16-17H,9-10H2,(H2,21,23,24). The van der Waals surface area contributed by atoms with E-state index in [0.29, 0.717) is 29.7 Å². The van der Waals surface area contributed by atoms with Crippen LogP contribution >= 0.6 is 11.6 Å². The molecule has 0 bridgehead atoms. The lowest BCUT2D eigenvalue weighted by Gasteiger charge is -2.15. The van der Waals surface area contributed by atoms with Crippen LogP contribution in [0.4, 0.5) is 0 Å². The summed E-state index contributed by atoms with van der Waals surface area (Å²) in [4.78, 5) is 4.64. The first-order chi connectivity index (χ1) is 12.9. The SMILES string of the molecule is NS(=O)(=O)c1ccc(-c2nc(C3COCC3c3ccc(Cl)cc3)co2)cc1. The Morgan fingerprint density at radius 2 is 1.67 bits per heavy atom.